The number of aryl methyl sites for hydroxylation is 1. The van der Waals surface area contributed by atoms with E-state index in [1.807, 2.05) is 19.1 Å². The van der Waals surface area contributed by atoms with Crippen LogP contribution in [0.5, 0.6) is 0 Å². The van der Waals surface area contributed by atoms with Gasteiger partial charge in [-0.25, -0.2) is 0 Å². The van der Waals surface area contributed by atoms with Crippen LogP contribution in [0.3, 0.4) is 0 Å². The third-order valence-corrected chi connectivity index (χ3v) is 4.16. The molecule has 1 fully saturated rings. The molecule has 1 aromatic rings. The van der Waals surface area contributed by atoms with Crippen molar-refractivity contribution in [3.05, 3.63) is 29.3 Å². The van der Waals surface area contributed by atoms with Crippen LogP contribution in [0.25, 0.3) is 0 Å². The van der Waals surface area contributed by atoms with E-state index in [4.69, 9.17) is 5.73 Å². The number of hydrogen-bond acceptors (Lipinski definition) is 4. The minimum atomic E-state index is 0. The zero-order valence-corrected chi connectivity index (χ0v) is 15.5. The van der Waals surface area contributed by atoms with E-state index in [0.717, 1.165) is 44.0 Å². The smallest absolute Gasteiger partial charge is 0.238 e. The molecule has 0 radical (unpaired) electrons. The van der Waals surface area contributed by atoms with E-state index < -0.39 is 0 Å². The molecule has 0 saturated carbocycles. The van der Waals surface area contributed by atoms with Gasteiger partial charge in [-0.15, -0.1) is 24.8 Å². The summed E-state index contributed by atoms with van der Waals surface area (Å²) in [5.74, 6) is 0.0657. The van der Waals surface area contributed by atoms with Crippen molar-refractivity contribution < 1.29 is 4.79 Å². The molecule has 1 saturated heterocycles. The number of halogens is 2. The van der Waals surface area contributed by atoms with Gasteiger partial charge in [-0.1, -0.05) is 12.1 Å². The van der Waals surface area contributed by atoms with Crippen LogP contribution in [-0.2, 0) is 4.79 Å². The average Bonchev–Trinajstić information content (AvgIpc) is 2.46. The Morgan fingerprint density at radius 3 is 2.35 bits per heavy atom. The molecule has 0 spiro atoms. The molecular formula is C16H28Cl2N4O. The van der Waals surface area contributed by atoms with Gasteiger partial charge in [0.05, 0.1) is 6.54 Å². The van der Waals surface area contributed by atoms with E-state index in [1.165, 1.54) is 5.56 Å². The van der Waals surface area contributed by atoms with E-state index in [9.17, 15) is 4.79 Å². The lowest BCUT2D eigenvalue weighted by molar-refractivity contribution is -0.117. The van der Waals surface area contributed by atoms with Crippen molar-refractivity contribution in [3.8, 4) is 0 Å². The minimum absolute atomic E-state index is 0. The number of carbonyl (C=O) groups is 1. The fourth-order valence-electron chi connectivity index (χ4n) is 2.63. The summed E-state index contributed by atoms with van der Waals surface area (Å²) >= 11 is 0. The van der Waals surface area contributed by atoms with Crippen LogP contribution in [0.2, 0.25) is 0 Å². The van der Waals surface area contributed by atoms with Crippen molar-refractivity contribution in [2.45, 2.75) is 13.8 Å². The normalized spacial score (nSPS) is 15.4. The molecule has 0 aliphatic carbocycles. The lowest BCUT2D eigenvalue weighted by Gasteiger charge is -2.34. The van der Waals surface area contributed by atoms with Gasteiger partial charge in [0.2, 0.25) is 5.91 Å². The van der Waals surface area contributed by atoms with Crippen molar-refractivity contribution >= 4 is 36.4 Å². The van der Waals surface area contributed by atoms with Gasteiger partial charge in [0.25, 0.3) is 0 Å². The molecule has 23 heavy (non-hydrogen) atoms. The predicted molar refractivity (Wildman–Crippen MR) is 101 cm³/mol. The van der Waals surface area contributed by atoms with Gasteiger partial charge in [0.15, 0.2) is 0 Å². The van der Waals surface area contributed by atoms with Crippen LogP contribution < -0.4 is 11.1 Å². The Kier molecular flexibility index (Phi) is 10.4. The summed E-state index contributed by atoms with van der Waals surface area (Å²) in [6, 6.07) is 5.99. The van der Waals surface area contributed by atoms with E-state index in [-0.39, 0.29) is 30.7 Å². The molecule has 0 aromatic heterocycles. The SMILES string of the molecule is Cc1cccc(NC(=O)CN2CCN(CCN)CC2)c1C.Cl.Cl. The Morgan fingerprint density at radius 2 is 1.74 bits per heavy atom. The van der Waals surface area contributed by atoms with Gasteiger partial charge in [0, 0.05) is 45.0 Å². The topological polar surface area (TPSA) is 61.6 Å². The molecule has 0 bridgehead atoms. The zero-order valence-electron chi connectivity index (χ0n) is 13.9. The second kappa shape index (κ2) is 10.8. The molecule has 1 heterocycles. The van der Waals surface area contributed by atoms with Crippen molar-refractivity contribution in [2.75, 3.05) is 51.1 Å². The fraction of sp³-hybridized carbons (Fsp3) is 0.562. The minimum Gasteiger partial charge on any atom is -0.329 e. The van der Waals surface area contributed by atoms with Gasteiger partial charge in [-0.05, 0) is 31.0 Å². The lowest BCUT2D eigenvalue weighted by atomic mass is 10.1. The van der Waals surface area contributed by atoms with E-state index in [0.29, 0.717) is 13.1 Å². The summed E-state index contributed by atoms with van der Waals surface area (Å²) in [6.07, 6.45) is 0. The van der Waals surface area contributed by atoms with Crippen molar-refractivity contribution in [1.82, 2.24) is 9.80 Å². The number of nitrogens with one attached hydrogen (secondary N) is 1. The van der Waals surface area contributed by atoms with E-state index in [2.05, 4.69) is 28.1 Å². The van der Waals surface area contributed by atoms with Crippen LogP contribution >= 0.6 is 24.8 Å². The number of nitrogens with two attached hydrogens (primary N) is 1. The van der Waals surface area contributed by atoms with Crippen LogP contribution in [0, 0.1) is 13.8 Å². The lowest BCUT2D eigenvalue weighted by Crippen LogP contribution is -2.49. The first-order valence-electron chi connectivity index (χ1n) is 7.61. The second-order valence-corrected chi connectivity index (χ2v) is 5.70. The highest BCUT2D eigenvalue weighted by molar-refractivity contribution is 5.93. The number of benzene rings is 1. The quantitative estimate of drug-likeness (QED) is 0.835. The van der Waals surface area contributed by atoms with E-state index >= 15 is 0 Å². The van der Waals surface area contributed by atoms with Crippen molar-refractivity contribution in [2.24, 2.45) is 5.73 Å². The van der Waals surface area contributed by atoms with Crippen LogP contribution in [0.15, 0.2) is 18.2 Å². The summed E-state index contributed by atoms with van der Waals surface area (Å²) in [6.45, 7) is 10.1. The summed E-state index contributed by atoms with van der Waals surface area (Å²) < 4.78 is 0. The Morgan fingerprint density at radius 1 is 1.13 bits per heavy atom. The number of carbonyl (C=O) groups excluding carboxylic acids is 1. The van der Waals surface area contributed by atoms with Gasteiger partial charge in [-0.3, -0.25) is 14.6 Å². The molecule has 0 unspecified atom stereocenters. The number of anilines is 1. The maximum atomic E-state index is 12.2. The molecule has 3 N–H and O–H groups in total. The zero-order chi connectivity index (χ0) is 15.2. The van der Waals surface area contributed by atoms with Crippen LogP contribution in [0.4, 0.5) is 5.69 Å². The number of rotatable bonds is 5. The monoisotopic (exact) mass is 362 g/mol. The second-order valence-electron chi connectivity index (χ2n) is 5.70. The maximum Gasteiger partial charge on any atom is 0.238 e. The Bertz CT molecular complexity index is 491. The predicted octanol–water partition coefficient (Wildman–Crippen LogP) is 1.66. The van der Waals surface area contributed by atoms with Crippen molar-refractivity contribution in [3.63, 3.8) is 0 Å². The molecule has 132 valence electrons. The summed E-state index contributed by atoms with van der Waals surface area (Å²) in [4.78, 5) is 16.7. The number of amides is 1. The Hall–Kier alpha value is -0.850. The number of hydrogen-bond donors (Lipinski definition) is 2. The molecule has 7 heteroatoms. The van der Waals surface area contributed by atoms with Gasteiger partial charge in [0.1, 0.15) is 0 Å². The number of piperazine rings is 1. The molecular weight excluding hydrogens is 335 g/mol. The fourth-order valence-corrected chi connectivity index (χ4v) is 2.63. The van der Waals surface area contributed by atoms with Gasteiger partial charge in [-0.2, -0.15) is 0 Å². The molecule has 1 aromatic carbocycles. The maximum absolute atomic E-state index is 12.2. The first kappa shape index (κ1) is 22.1. The average molecular weight is 363 g/mol. The summed E-state index contributed by atoms with van der Waals surface area (Å²) in [7, 11) is 0. The van der Waals surface area contributed by atoms with Crippen molar-refractivity contribution in [1.29, 1.82) is 0 Å². The molecule has 0 atom stereocenters. The highest BCUT2D eigenvalue weighted by Crippen LogP contribution is 2.17. The summed E-state index contributed by atoms with van der Waals surface area (Å²) in [5.41, 5.74) is 8.82. The summed E-state index contributed by atoms with van der Waals surface area (Å²) in [5, 5.41) is 3.02. The van der Waals surface area contributed by atoms with Crippen LogP contribution in [-0.4, -0.2) is 61.5 Å². The highest BCUT2D eigenvalue weighted by atomic mass is 35.5. The largest absolute Gasteiger partial charge is 0.329 e. The highest BCUT2D eigenvalue weighted by Gasteiger charge is 2.18. The van der Waals surface area contributed by atoms with Gasteiger partial charge >= 0.3 is 0 Å². The molecule has 1 aliphatic rings. The third kappa shape index (κ3) is 6.65. The first-order valence-corrected chi connectivity index (χ1v) is 7.61. The molecule has 1 aliphatic heterocycles. The standard InChI is InChI=1S/C16H26N4O.2ClH/c1-13-4-3-5-15(14(13)2)18-16(21)12-20-10-8-19(7-6-17)9-11-20;;/h3-5H,6-12,17H2,1-2H3,(H,18,21);2*1H. The Labute approximate surface area is 151 Å². The molecule has 5 nitrogen and oxygen atoms in total. The third-order valence-electron chi connectivity index (χ3n) is 4.16. The Balaban J connectivity index is 0.00000242. The van der Waals surface area contributed by atoms with E-state index in [1.54, 1.807) is 0 Å². The first-order chi connectivity index (χ1) is 10.1. The van der Waals surface area contributed by atoms with Gasteiger partial charge < -0.3 is 11.1 Å². The van der Waals surface area contributed by atoms with Crippen LogP contribution in [0.1, 0.15) is 11.1 Å². The molecule has 1 amide bonds. The number of nitrogens with zero attached hydrogens (tertiary/aromatic N) is 2. The molecule has 2 rings (SSSR count).